The van der Waals surface area contributed by atoms with Crippen molar-refractivity contribution in [2.24, 2.45) is 7.05 Å². The molecule has 1 aromatic carbocycles. The number of aliphatic hydroxyl groups is 1. The van der Waals surface area contributed by atoms with E-state index in [4.69, 9.17) is 16.6 Å². The number of amides is 1. The van der Waals surface area contributed by atoms with Gasteiger partial charge in [-0.05, 0) is 43.9 Å². The Bertz CT molecular complexity index is 1260. The molecule has 0 radical (unpaired) electrons. The minimum Gasteiger partial charge on any atom is -0.393 e. The lowest BCUT2D eigenvalue weighted by atomic mass is 9.93. The highest BCUT2D eigenvalue weighted by Gasteiger charge is 2.23. The first-order valence-corrected chi connectivity index (χ1v) is 10.3. The summed E-state index contributed by atoms with van der Waals surface area (Å²) in [5, 5.41) is 18.9. The van der Waals surface area contributed by atoms with E-state index in [1.165, 1.54) is 0 Å². The molecule has 0 unspecified atom stereocenters. The van der Waals surface area contributed by atoms with Crippen LogP contribution in [-0.4, -0.2) is 47.9 Å². The van der Waals surface area contributed by atoms with E-state index in [0.717, 1.165) is 23.7 Å². The van der Waals surface area contributed by atoms with Gasteiger partial charge < -0.3 is 15.4 Å². The van der Waals surface area contributed by atoms with Gasteiger partial charge in [0, 0.05) is 29.7 Å². The largest absolute Gasteiger partial charge is 0.393 e. The number of carbonyl (C=O) groups excluding carboxylic acids is 1. The number of H-pyrrole nitrogens is 1. The molecule has 1 amide bonds. The van der Waals surface area contributed by atoms with Crippen molar-refractivity contribution in [3.05, 3.63) is 41.2 Å². The number of hydrogen-bond acceptors (Lipinski definition) is 5. The molecular formula is C21H21ClN6O2. The Labute approximate surface area is 177 Å². The topological polar surface area (TPSA) is 109 Å². The SMILES string of the molecule is Cn1nc(-c2cnc3[nH]cc(C(=O)N[C@H]4CC[C@H](O)CC4)c3n2)c2ccc(Cl)cc21. The van der Waals surface area contributed by atoms with Crippen molar-refractivity contribution in [1.82, 2.24) is 30.0 Å². The van der Waals surface area contributed by atoms with E-state index in [9.17, 15) is 9.90 Å². The fourth-order valence-corrected chi connectivity index (χ4v) is 4.25. The zero-order chi connectivity index (χ0) is 20.8. The maximum Gasteiger partial charge on any atom is 0.255 e. The van der Waals surface area contributed by atoms with Crippen molar-refractivity contribution >= 4 is 39.6 Å². The van der Waals surface area contributed by atoms with Gasteiger partial charge in [-0.15, -0.1) is 0 Å². The van der Waals surface area contributed by atoms with Gasteiger partial charge in [0.15, 0.2) is 5.65 Å². The average molecular weight is 425 g/mol. The van der Waals surface area contributed by atoms with Crippen LogP contribution in [0.2, 0.25) is 5.02 Å². The van der Waals surface area contributed by atoms with Crippen LogP contribution in [0.3, 0.4) is 0 Å². The van der Waals surface area contributed by atoms with Crippen molar-refractivity contribution in [2.45, 2.75) is 37.8 Å². The minimum atomic E-state index is -0.261. The smallest absolute Gasteiger partial charge is 0.255 e. The number of aliphatic hydroxyl groups excluding tert-OH is 1. The summed E-state index contributed by atoms with van der Waals surface area (Å²) in [5.41, 5.74) is 3.68. The summed E-state index contributed by atoms with van der Waals surface area (Å²) in [7, 11) is 1.85. The Morgan fingerprint density at radius 1 is 1.30 bits per heavy atom. The number of aromatic amines is 1. The second-order valence-corrected chi connectivity index (χ2v) is 8.20. The minimum absolute atomic E-state index is 0.0615. The molecule has 1 aliphatic rings. The molecule has 1 fully saturated rings. The van der Waals surface area contributed by atoms with E-state index in [1.54, 1.807) is 17.1 Å². The van der Waals surface area contributed by atoms with E-state index >= 15 is 0 Å². The number of nitrogens with one attached hydrogen (secondary N) is 2. The molecule has 0 spiro atoms. The summed E-state index contributed by atoms with van der Waals surface area (Å²) in [4.78, 5) is 25.1. The van der Waals surface area contributed by atoms with E-state index < -0.39 is 0 Å². The van der Waals surface area contributed by atoms with Gasteiger partial charge in [0.2, 0.25) is 0 Å². The van der Waals surface area contributed by atoms with Gasteiger partial charge in [-0.25, -0.2) is 9.97 Å². The Morgan fingerprint density at radius 3 is 2.90 bits per heavy atom. The first kappa shape index (κ1) is 19.0. The summed E-state index contributed by atoms with van der Waals surface area (Å²) in [6.45, 7) is 0. The van der Waals surface area contributed by atoms with Crippen LogP contribution in [0.4, 0.5) is 0 Å². The first-order valence-electron chi connectivity index (χ1n) is 9.95. The molecule has 154 valence electrons. The molecule has 5 rings (SSSR count). The molecule has 8 nitrogen and oxygen atoms in total. The van der Waals surface area contributed by atoms with Crippen LogP contribution in [0.15, 0.2) is 30.6 Å². The molecule has 3 N–H and O–H groups in total. The summed E-state index contributed by atoms with van der Waals surface area (Å²) in [5.74, 6) is -0.188. The number of aryl methyl sites for hydroxylation is 1. The van der Waals surface area contributed by atoms with Crippen molar-refractivity contribution in [2.75, 3.05) is 0 Å². The summed E-state index contributed by atoms with van der Waals surface area (Å²) in [6.07, 6.45) is 5.99. The van der Waals surface area contributed by atoms with Crippen molar-refractivity contribution in [1.29, 1.82) is 0 Å². The normalized spacial score (nSPS) is 19.4. The zero-order valence-corrected chi connectivity index (χ0v) is 17.1. The van der Waals surface area contributed by atoms with E-state index in [2.05, 4.69) is 20.4 Å². The Hall–Kier alpha value is -2.97. The van der Waals surface area contributed by atoms with E-state index in [-0.39, 0.29) is 18.1 Å². The lowest BCUT2D eigenvalue weighted by molar-refractivity contribution is 0.0869. The predicted octanol–water partition coefficient (Wildman–Crippen LogP) is 3.20. The second-order valence-electron chi connectivity index (χ2n) is 7.77. The Kier molecular flexibility index (Phi) is 4.67. The highest BCUT2D eigenvalue weighted by molar-refractivity contribution is 6.31. The van der Waals surface area contributed by atoms with Gasteiger partial charge in [-0.2, -0.15) is 5.10 Å². The second kappa shape index (κ2) is 7.37. The highest BCUT2D eigenvalue weighted by Crippen LogP contribution is 2.29. The first-order chi connectivity index (χ1) is 14.5. The van der Waals surface area contributed by atoms with Crippen LogP contribution in [0.1, 0.15) is 36.0 Å². The number of hydrogen-bond donors (Lipinski definition) is 3. The monoisotopic (exact) mass is 424 g/mol. The van der Waals surface area contributed by atoms with Crippen LogP contribution >= 0.6 is 11.6 Å². The molecule has 4 aromatic rings. The number of rotatable bonds is 3. The van der Waals surface area contributed by atoms with Gasteiger partial charge in [0.05, 0.1) is 23.4 Å². The average Bonchev–Trinajstić information content (AvgIpc) is 3.30. The summed E-state index contributed by atoms with van der Waals surface area (Å²) >= 11 is 6.12. The van der Waals surface area contributed by atoms with Gasteiger partial charge >= 0.3 is 0 Å². The molecule has 1 saturated carbocycles. The van der Waals surface area contributed by atoms with Crippen molar-refractivity contribution in [3.63, 3.8) is 0 Å². The standard InChI is InChI=1S/C21H21ClN6O2/c1-28-17-8-11(22)2-7-14(17)18(27-28)16-10-24-20-19(26-16)15(9-23-20)21(30)25-12-3-5-13(29)6-4-12/h2,7-10,12-13,29H,3-6H2,1H3,(H,23,24)(H,25,30)/t12-,13-. The van der Waals surface area contributed by atoms with Gasteiger partial charge in [-0.3, -0.25) is 9.48 Å². The third-order valence-corrected chi connectivity index (χ3v) is 5.95. The lowest BCUT2D eigenvalue weighted by Crippen LogP contribution is -2.38. The third kappa shape index (κ3) is 3.32. The molecule has 1 aliphatic carbocycles. The maximum absolute atomic E-state index is 12.9. The molecule has 0 saturated heterocycles. The highest BCUT2D eigenvalue weighted by atomic mass is 35.5. The molecule has 0 aliphatic heterocycles. The number of aromatic nitrogens is 5. The van der Waals surface area contributed by atoms with Crippen LogP contribution in [0.5, 0.6) is 0 Å². The van der Waals surface area contributed by atoms with Crippen LogP contribution in [0.25, 0.3) is 33.5 Å². The van der Waals surface area contributed by atoms with Crippen LogP contribution in [-0.2, 0) is 7.05 Å². The summed E-state index contributed by atoms with van der Waals surface area (Å²) in [6, 6.07) is 5.65. The van der Waals surface area contributed by atoms with E-state index in [1.807, 2.05) is 25.2 Å². The fraction of sp³-hybridized carbons (Fsp3) is 0.333. The van der Waals surface area contributed by atoms with Crippen LogP contribution in [0, 0.1) is 0 Å². The van der Waals surface area contributed by atoms with Crippen molar-refractivity contribution < 1.29 is 9.90 Å². The number of fused-ring (bicyclic) bond motifs is 2. The quantitative estimate of drug-likeness (QED) is 0.468. The van der Waals surface area contributed by atoms with Gasteiger partial charge in [0.1, 0.15) is 16.9 Å². The number of halogens is 1. The summed E-state index contributed by atoms with van der Waals surface area (Å²) < 4.78 is 1.75. The maximum atomic E-state index is 12.9. The molecule has 0 atom stereocenters. The Morgan fingerprint density at radius 2 is 2.10 bits per heavy atom. The number of nitrogens with zero attached hydrogens (tertiary/aromatic N) is 4. The predicted molar refractivity (Wildman–Crippen MR) is 114 cm³/mol. The molecule has 0 bridgehead atoms. The molecule has 9 heteroatoms. The Balaban J connectivity index is 1.50. The van der Waals surface area contributed by atoms with Crippen LogP contribution < -0.4 is 5.32 Å². The van der Waals surface area contributed by atoms with Crippen molar-refractivity contribution in [3.8, 4) is 11.4 Å². The lowest BCUT2D eigenvalue weighted by Gasteiger charge is -2.26. The molecule has 3 aromatic heterocycles. The number of benzene rings is 1. The molecular weight excluding hydrogens is 404 g/mol. The fourth-order valence-electron chi connectivity index (χ4n) is 4.08. The number of carbonyl (C=O) groups is 1. The zero-order valence-electron chi connectivity index (χ0n) is 16.4. The third-order valence-electron chi connectivity index (χ3n) is 5.71. The molecule has 30 heavy (non-hydrogen) atoms. The molecule has 3 heterocycles. The van der Waals surface area contributed by atoms with Gasteiger partial charge in [0.25, 0.3) is 5.91 Å². The van der Waals surface area contributed by atoms with E-state index in [0.29, 0.717) is 46.0 Å². The van der Waals surface area contributed by atoms with Gasteiger partial charge in [-0.1, -0.05) is 11.6 Å².